The maximum atomic E-state index is 13.3. The van der Waals surface area contributed by atoms with E-state index in [0.717, 1.165) is 11.6 Å². The van der Waals surface area contributed by atoms with Gasteiger partial charge in [-0.2, -0.15) is 8.42 Å². The number of aliphatic hydroxyl groups is 1. The van der Waals surface area contributed by atoms with Crippen LogP contribution in [0.5, 0.6) is 0 Å². The Balaban J connectivity index is 2.04. The lowest BCUT2D eigenvalue weighted by atomic mass is 9.82. The molecule has 8 nitrogen and oxygen atoms in total. The van der Waals surface area contributed by atoms with Gasteiger partial charge in [0.1, 0.15) is 4.90 Å². The number of benzene rings is 3. The zero-order chi connectivity index (χ0) is 22.5. The van der Waals surface area contributed by atoms with Crippen LogP contribution < -0.4 is 11.1 Å². The monoisotopic (exact) mass is 438 g/mol. The highest BCUT2D eigenvalue weighted by atomic mass is 32.2. The highest BCUT2D eigenvalue weighted by molar-refractivity contribution is 7.86. The number of nitrogens with two attached hydrogens (primary N) is 1. The van der Waals surface area contributed by atoms with Crippen LogP contribution in [-0.2, 0) is 16.7 Å². The second-order valence-corrected chi connectivity index (χ2v) is 8.60. The van der Waals surface area contributed by atoms with Crippen molar-refractivity contribution in [3.8, 4) is 0 Å². The summed E-state index contributed by atoms with van der Waals surface area (Å²) in [7, 11) is -4.80. The molecule has 158 valence electrons. The summed E-state index contributed by atoms with van der Waals surface area (Å²) in [5.74, 6) is -1.14. The number of hydrogen-bond acceptors (Lipinski definition) is 7. The van der Waals surface area contributed by atoms with Crippen LogP contribution in [0.2, 0.25) is 0 Å². The molecule has 4 rings (SSSR count). The number of anilines is 3. The lowest BCUT2D eigenvalue weighted by Gasteiger charge is -2.24. The van der Waals surface area contributed by atoms with E-state index in [2.05, 4.69) is 5.32 Å². The highest BCUT2D eigenvalue weighted by Crippen LogP contribution is 2.40. The number of ketones is 2. The number of rotatable bonds is 4. The van der Waals surface area contributed by atoms with Gasteiger partial charge in [0.05, 0.1) is 29.1 Å². The molecule has 0 spiro atoms. The Labute approximate surface area is 178 Å². The number of aryl methyl sites for hydroxylation is 1. The predicted molar refractivity (Wildman–Crippen MR) is 114 cm³/mol. The van der Waals surface area contributed by atoms with Crippen LogP contribution in [0.15, 0.2) is 53.4 Å². The average molecular weight is 438 g/mol. The number of hydrogen-bond donors (Lipinski definition) is 4. The second-order valence-electron chi connectivity index (χ2n) is 7.21. The molecule has 3 aromatic carbocycles. The maximum absolute atomic E-state index is 13.3. The number of aliphatic hydroxyl groups excluding tert-OH is 1. The predicted octanol–water partition coefficient (Wildman–Crippen LogP) is 2.84. The molecular weight excluding hydrogens is 420 g/mol. The van der Waals surface area contributed by atoms with Crippen LogP contribution in [0, 0.1) is 6.92 Å². The standard InChI is InChI=1S/C22H18N2O6S/c1-11-6-7-12(10-25)15(8-11)24-16-9-17(31(28,29)30)20(23)19-18(16)21(26)13-4-2-3-5-14(13)22(19)27/h2-9,24-25H,10,23H2,1H3,(H,28,29,30). The summed E-state index contributed by atoms with van der Waals surface area (Å²) in [6, 6.07) is 12.3. The summed E-state index contributed by atoms with van der Waals surface area (Å²) in [5.41, 5.74) is 7.04. The first-order valence-electron chi connectivity index (χ1n) is 9.23. The minimum atomic E-state index is -4.80. The summed E-state index contributed by atoms with van der Waals surface area (Å²) in [6.45, 7) is 1.50. The third-order valence-corrected chi connectivity index (χ3v) is 6.08. The van der Waals surface area contributed by atoms with Crippen molar-refractivity contribution in [2.75, 3.05) is 11.1 Å². The van der Waals surface area contributed by atoms with Crippen LogP contribution in [-0.4, -0.2) is 29.6 Å². The SMILES string of the molecule is Cc1ccc(CO)c(Nc2cc(S(=O)(=O)O)c(N)c3c2C(=O)c2ccccc2C3=O)c1. The fourth-order valence-electron chi connectivity index (χ4n) is 3.70. The minimum absolute atomic E-state index is 0.0232. The molecule has 0 fully saturated rings. The molecule has 3 aromatic rings. The Morgan fingerprint density at radius 2 is 1.55 bits per heavy atom. The van der Waals surface area contributed by atoms with Gasteiger partial charge in [0, 0.05) is 22.4 Å². The Kier molecular flexibility index (Phi) is 4.89. The van der Waals surface area contributed by atoms with E-state index in [1.165, 1.54) is 12.1 Å². The van der Waals surface area contributed by atoms with Gasteiger partial charge in [0.25, 0.3) is 10.1 Å². The van der Waals surface area contributed by atoms with Gasteiger partial charge in [-0.05, 0) is 24.6 Å². The quantitative estimate of drug-likeness (QED) is 0.281. The molecule has 0 saturated carbocycles. The van der Waals surface area contributed by atoms with Crippen LogP contribution in [0.1, 0.15) is 43.0 Å². The van der Waals surface area contributed by atoms with E-state index in [4.69, 9.17) is 5.73 Å². The van der Waals surface area contributed by atoms with Crippen molar-refractivity contribution in [3.05, 3.63) is 81.9 Å². The third kappa shape index (κ3) is 3.38. The summed E-state index contributed by atoms with van der Waals surface area (Å²) in [5, 5.41) is 12.6. The summed E-state index contributed by atoms with van der Waals surface area (Å²) < 4.78 is 33.6. The molecule has 0 radical (unpaired) electrons. The summed E-state index contributed by atoms with van der Waals surface area (Å²) in [6.07, 6.45) is 0. The van der Waals surface area contributed by atoms with Gasteiger partial charge < -0.3 is 16.2 Å². The van der Waals surface area contributed by atoms with E-state index in [1.54, 1.807) is 30.3 Å². The van der Waals surface area contributed by atoms with Gasteiger partial charge in [-0.25, -0.2) is 0 Å². The third-order valence-electron chi connectivity index (χ3n) is 5.18. The molecule has 0 aliphatic heterocycles. The smallest absolute Gasteiger partial charge is 0.296 e. The van der Waals surface area contributed by atoms with Crippen molar-refractivity contribution in [1.82, 2.24) is 0 Å². The topological polar surface area (TPSA) is 147 Å². The number of carbonyl (C=O) groups excluding carboxylic acids is 2. The van der Waals surface area contributed by atoms with Crippen LogP contribution in [0.4, 0.5) is 17.1 Å². The van der Waals surface area contributed by atoms with E-state index in [1.807, 2.05) is 6.92 Å². The van der Waals surface area contributed by atoms with Crippen LogP contribution in [0.3, 0.4) is 0 Å². The average Bonchev–Trinajstić information content (AvgIpc) is 2.72. The fraction of sp³-hybridized carbons (Fsp3) is 0.0909. The van der Waals surface area contributed by atoms with Crippen molar-refractivity contribution in [1.29, 1.82) is 0 Å². The first-order valence-corrected chi connectivity index (χ1v) is 10.7. The van der Waals surface area contributed by atoms with Crippen LogP contribution >= 0.6 is 0 Å². The number of nitrogen functional groups attached to an aromatic ring is 1. The normalized spacial score (nSPS) is 13.0. The molecule has 0 heterocycles. The lowest BCUT2D eigenvalue weighted by Crippen LogP contribution is -2.25. The zero-order valence-corrected chi connectivity index (χ0v) is 17.2. The summed E-state index contributed by atoms with van der Waals surface area (Å²) in [4.78, 5) is 25.8. The highest BCUT2D eigenvalue weighted by Gasteiger charge is 2.36. The zero-order valence-electron chi connectivity index (χ0n) is 16.3. The van der Waals surface area contributed by atoms with Gasteiger partial charge in [-0.3, -0.25) is 14.1 Å². The Morgan fingerprint density at radius 3 is 2.13 bits per heavy atom. The lowest BCUT2D eigenvalue weighted by molar-refractivity contribution is 0.0980. The molecular formula is C22H18N2O6S. The maximum Gasteiger partial charge on any atom is 0.296 e. The molecule has 9 heteroatoms. The molecule has 31 heavy (non-hydrogen) atoms. The van der Waals surface area contributed by atoms with Gasteiger partial charge in [-0.1, -0.05) is 36.4 Å². The largest absolute Gasteiger partial charge is 0.397 e. The van der Waals surface area contributed by atoms with E-state index in [-0.39, 0.29) is 34.5 Å². The second kappa shape index (κ2) is 7.31. The van der Waals surface area contributed by atoms with E-state index < -0.39 is 32.3 Å². The van der Waals surface area contributed by atoms with E-state index in [9.17, 15) is 27.7 Å². The molecule has 0 amide bonds. The number of fused-ring (bicyclic) bond motifs is 2. The Bertz CT molecular complexity index is 1380. The Morgan fingerprint density at radius 1 is 0.935 bits per heavy atom. The molecule has 1 aliphatic carbocycles. The summed E-state index contributed by atoms with van der Waals surface area (Å²) >= 11 is 0. The van der Waals surface area contributed by atoms with Crippen molar-refractivity contribution < 1.29 is 27.7 Å². The number of carbonyl (C=O) groups is 2. The molecule has 0 unspecified atom stereocenters. The molecule has 5 N–H and O–H groups in total. The first-order chi connectivity index (χ1) is 14.6. The molecule has 0 bridgehead atoms. The first kappa shape index (κ1) is 20.7. The van der Waals surface area contributed by atoms with Gasteiger partial charge in [0.15, 0.2) is 11.6 Å². The number of nitrogens with one attached hydrogen (secondary N) is 1. The molecule has 0 saturated heterocycles. The van der Waals surface area contributed by atoms with Crippen LogP contribution in [0.25, 0.3) is 0 Å². The van der Waals surface area contributed by atoms with Gasteiger partial charge in [0.2, 0.25) is 0 Å². The van der Waals surface area contributed by atoms with Crippen molar-refractivity contribution in [2.45, 2.75) is 18.4 Å². The van der Waals surface area contributed by atoms with Crippen molar-refractivity contribution in [3.63, 3.8) is 0 Å². The van der Waals surface area contributed by atoms with Crippen molar-refractivity contribution >= 4 is 38.7 Å². The van der Waals surface area contributed by atoms with Gasteiger partial charge >= 0.3 is 0 Å². The van der Waals surface area contributed by atoms with E-state index >= 15 is 0 Å². The molecule has 0 atom stereocenters. The van der Waals surface area contributed by atoms with Crippen molar-refractivity contribution in [2.24, 2.45) is 0 Å². The molecule has 0 aromatic heterocycles. The Hall–Kier alpha value is -3.53. The molecule has 1 aliphatic rings. The van der Waals surface area contributed by atoms with E-state index in [0.29, 0.717) is 11.3 Å². The fourth-order valence-corrected chi connectivity index (χ4v) is 4.34. The van der Waals surface area contributed by atoms with Gasteiger partial charge in [-0.15, -0.1) is 0 Å². The minimum Gasteiger partial charge on any atom is -0.397 e.